The van der Waals surface area contributed by atoms with Crippen LogP contribution in [0, 0.1) is 0 Å². The van der Waals surface area contributed by atoms with Crippen LogP contribution in [0.2, 0.25) is 0 Å². The molecule has 5 nitrogen and oxygen atoms in total. The summed E-state index contributed by atoms with van der Waals surface area (Å²) in [4.78, 5) is 3.78. The van der Waals surface area contributed by atoms with Crippen molar-refractivity contribution in [2.45, 2.75) is 0 Å². The third kappa shape index (κ3) is 5.92. The van der Waals surface area contributed by atoms with E-state index in [1.807, 2.05) is 18.2 Å². The van der Waals surface area contributed by atoms with Crippen LogP contribution < -0.4 is 0 Å². The van der Waals surface area contributed by atoms with Gasteiger partial charge in [-0.15, -0.1) is 22.1 Å². The van der Waals surface area contributed by atoms with E-state index < -0.39 is 0 Å². The lowest BCUT2D eigenvalue weighted by atomic mass is 10.5. The van der Waals surface area contributed by atoms with Crippen LogP contribution in [-0.2, 0) is 7.05 Å². The second-order valence-corrected chi connectivity index (χ2v) is 2.01. The Morgan fingerprint density at radius 3 is 1.92 bits per heavy atom. The number of halogens is 1. The molecule has 0 radical (unpaired) electrons. The Labute approximate surface area is 86.6 Å². The molecule has 0 aromatic carbocycles. The van der Waals surface area contributed by atoms with Gasteiger partial charge in [0.05, 0.1) is 0 Å². The molecule has 0 aliphatic carbocycles. The van der Waals surface area contributed by atoms with Crippen molar-refractivity contribution < 1.29 is 0 Å². The largest absolute Gasteiger partial charge is 0.265 e. The standard InChI is InChI=1S/C5H5N.C2H4N4.BrH/c1-2-4-6-5-3-1;1-6-2-3-4-5-6;/h1-5H;2H,1H3;1H. The third-order valence-corrected chi connectivity index (χ3v) is 1.02. The molecule has 0 spiro atoms. The number of tetrazole rings is 1. The maximum atomic E-state index is 3.78. The molecule has 0 saturated heterocycles. The van der Waals surface area contributed by atoms with Gasteiger partial charge in [0.15, 0.2) is 0 Å². The van der Waals surface area contributed by atoms with Crippen LogP contribution in [0.15, 0.2) is 36.9 Å². The molecule has 0 aliphatic rings. The predicted molar refractivity (Wildman–Crippen MR) is 53.4 cm³/mol. The zero-order valence-corrected chi connectivity index (χ0v) is 8.82. The Balaban J connectivity index is 0.000000206. The van der Waals surface area contributed by atoms with E-state index in [4.69, 9.17) is 0 Å². The summed E-state index contributed by atoms with van der Waals surface area (Å²) >= 11 is 0. The van der Waals surface area contributed by atoms with Gasteiger partial charge in [-0.25, -0.2) is 4.68 Å². The Kier molecular flexibility index (Phi) is 6.62. The summed E-state index contributed by atoms with van der Waals surface area (Å²) in [5.41, 5.74) is 0. The van der Waals surface area contributed by atoms with E-state index in [-0.39, 0.29) is 17.0 Å². The average Bonchev–Trinajstić information content (AvgIpc) is 2.60. The molecule has 0 atom stereocenters. The van der Waals surface area contributed by atoms with Crippen molar-refractivity contribution in [2.75, 3.05) is 0 Å². The number of hydrogen-bond donors (Lipinski definition) is 0. The fourth-order valence-corrected chi connectivity index (χ4v) is 0.520. The molecule has 0 unspecified atom stereocenters. The molecular weight excluding hydrogens is 234 g/mol. The summed E-state index contributed by atoms with van der Waals surface area (Å²) in [6, 6.07) is 5.72. The minimum Gasteiger partial charge on any atom is -0.265 e. The maximum Gasteiger partial charge on any atom is 0.137 e. The van der Waals surface area contributed by atoms with Gasteiger partial charge in [-0.2, -0.15) is 0 Å². The number of hydrogen-bond acceptors (Lipinski definition) is 4. The van der Waals surface area contributed by atoms with Gasteiger partial charge in [0, 0.05) is 19.4 Å². The molecule has 2 aromatic heterocycles. The molecule has 0 fully saturated rings. The Bertz CT molecular complexity index is 256. The quantitative estimate of drug-likeness (QED) is 0.690. The van der Waals surface area contributed by atoms with Crippen molar-refractivity contribution in [2.24, 2.45) is 7.05 Å². The van der Waals surface area contributed by atoms with Crippen molar-refractivity contribution in [1.82, 2.24) is 25.2 Å². The van der Waals surface area contributed by atoms with Crippen molar-refractivity contribution in [1.29, 1.82) is 0 Å². The molecule has 0 bridgehead atoms. The first-order chi connectivity index (χ1) is 5.89. The SMILES string of the molecule is Br.Cn1cnnn1.c1ccncc1. The van der Waals surface area contributed by atoms with Gasteiger partial charge in [0.2, 0.25) is 0 Å². The van der Waals surface area contributed by atoms with Gasteiger partial charge in [-0.1, -0.05) is 6.07 Å². The van der Waals surface area contributed by atoms with E-state index in [9.17, 15) is 0 Å². The Hall–Kier alpha value is -1.30. The van der Waals surface area contributed by atoms with Gasteiger partial charge >= 0.3 is 0 Å². The predicted octanol–water partition coefficient (Wildman–Crippen LogP) is 0.870. The molecule has 2 heterocycles. The molecule has 0 aliphatic heterocycles. The zero-order valence-electron chi connectivity index (χ0n) is 7.11. The second-order valence-electron chi connectivity index (χ2n) is 2.01. The maximum absolute atomic E-state index is 3.78. The van der Waals surface area contributed by atoms with Crippen molar-refractivity contribution in [3.05, 3.63) is 36.9 Å². The highest BCUT2D eigenvalue weighted by Crippen LogP contribution is 1.73. The van der Waals surface area contributed by atoms with E-state index in [0.717, 1.165) is 0 Å². The summed E-state index contributed by atoms with van der Waals surface area (Å²) in [6.45, 7) is 0. The van der Waals surface area contributed by atoms with Crippen LogP contribution in [0.3, 0.4) is 0 Å². The number of aromatic nitrogens is 5. The molecule has 2 rings (SSSR count). The lowest BCUT2D eigenvalue weighted by Crippen LogP contribution is -1.85. The molecule has 2 aromatic rings. The number of aryl methyl sites for hydroxylation is 1. The third-order valence-electron chi connectivity index (χ3n) is 1.02. The van der Waals surface area contributed by atoms with Gasteiger partial charge < -0.3 is 0 Å². The van der Waals surface area contributed by atoms with Crippen molar-refractivity contribution >= 4 is 17.0 Å². The van der Waals surface area contributed by atoms with E-state index in [1.54, 1.807) is 19.4 Å². The number of pyridine rings is 1. The summed E-state index contributed by atoms with van der Waals surface area (Å²) in [5, 5.41) is 10.2. The summed E-state index contributed by atoms with van der Waals surface area (Å²) in [7, 11) is 1.76. The molecule has 0 amide bonds. The van der Waals surface area contributed by atoms with E-state index in [2.05, 4.69) is 20.5 Å². The first-order valence-corrected chi connectivity index (χ1v) is 3.41. The summed E-state index contributed by atoms with van der Waals surface area (Å²) in [5.74, 6) is 0. The van der Waals surface area contributed by atoms with Gasteiger partial charge in [-0.05, 0) is 22.6 Å². The highest BCUT2D eigenvalue weighted by molar-refractivity contribution is 8.93. The van der Waals surface area contributed by atoms with Crippen molar-refractivity contribution in [3.63, 3.8) is 0 Å². The van der Waals surface area contributed by atoms with Crippen LogP contribution >= 0.6 is 17.0 Å². The highest BCUT2D eigenvalue weighted by atomic mass is 79.9. The monoisotopic (exact) mass is 243 g/mol. The Morgan fingerprint density at radius 2 is 1.77 bits per heavy atom. The average molecular weight is 244 g/mol. The van der Waals surface area contributed by atoms with Crippen LogP contribution in [0.1, 0.15) is 0 Å². The smallest absolute Gasteiger partial charge is 0.137 e. The summed E-state index contributed by atoms with van der Waals surface area (Å²) < 4.78 is 1.53. The molecule has 0 N–H and O–H groups in total. The molecular formula is C7H10BrN5. The van der Waals surface area contributed by atoms with E-state index in [0.29, 0.717) is 0 Å². The minimum absolute atomic E-state index is 0. The highest BCUT2D eigenvalue weighted by Gasteiger charge is 1.72. The summed E-state index contributed by atoms with van der Waals surface area (Å²) in [6.07, 6.45) is 5.03. The zero-order chi connectivity index (χ0) is 8.65. The molecule has 6 heteroatoms. The fourth-order valence-electron chi connectivity index (χ4n) is 0.520. The van der Waals surface area contributed by atoms with Crippen LogP contribution in [0.5, 0.6) is 0 Å². The molecule has 70 valence electrons. The topological polar surface area (TPSA) is 56.5 Å². The second kappa shape index (κ2) is 7.35. The van der Waals surface area contributed by atoms with E-state index >= 15 is 0 Å². The molecule has 0 saturated carbocycles. The minimum atomic E-state index is 0. The van der Waals surface area contributed by atoms with Gasteiger partial charge in [-0.3, -0.25) is 4.98 Å². The van der Waals surface area contributed by atoms with Gasteiger partial charge in [0.1, 0.15) is 6.33 Å². The molecule has 13 heavy (non-hydrogen) atoms. The van der Waals surface area contributed by atoms with Crippen LogP contribution in [0.25, 0.3) is 0 Å². The van der Waals surface area contributed by atoms with Crippen LogP contribution in [-0.4, -0.2) is 25.2 Å². The lowest BCUT2D eigenvalue weighted by molar-refractivity contribution is 0.710. The van der Waals surface area contributed by atoms with E-state index in [1.165, 1.54) is 11.0 Å². The first kappa shape index (κ1) is 11.7. The number of rotatable bonds is 0. The fraction of sp³-hybridized carbons (Fsp3) is 0.143. The van der Waals surface area contributed by atoms with Crippen molar-refractivity contribution in [3.8, 4) is 0 Å². The Morgan fingerprint density at radius 1 is 1.08 bits per heavy atom. The lowest BCUT2D eigenvalue weighted by Gasteiger charge is -1.71. The first-order valence-electron chi connectivity index (χ1n) is 3.41. The van der Waals surface area contributed by atoms with Crippen LogP contribution in [0.4, 0.5) is 0 Å². The van der Waals surface area contributed by atoms with Gasteiger partial charge in [0.25, 0.3) is 0 Å². The normalized spacial score (nSPS) is 7.77. The number of nitrogens with zero attached hydrogens (tertiary/aromatic N) is 5.